The quantitative estimate of drug-likeness (QED) is 0.598. The number of nitrogens with one attached hydrogen (secondary N) is 2. The molecule has 2 heterocycles. The van der Waals surface area contributed by atoms with Crippen LogP contribution in [0.25, 0.3) is 0 Å². The summed E-state index contributed by atoms with van der Waals surface area (Å²) in [6, 6.07) is 4.17. The molecule has 0 aliphatic carbocycles. The smallest absolute Gasteiger partial charge is 0.191 e. The van der Waals surface area contributed by atoms with Gasteiger partial charge in [0.1, 0.15) is 0 Å². The Morgan fingerprint density at radius 1 is 1.17 bits per heavy atom. The maximum absolute atomic E-state index is 4.64. The Kier molecular flexibility index (Phi) is 7.18. The first kappa shape index (κ1) is 18.4. The molecule has 0 fully saturated rings. The predicted molar refractivity (Wildman–Crippen MR) is 102 cm³/mol. The van der Waals surface area contributed by atoms with Crippen molar-refractivity contribution in [2.24, 2.45) is 4.99 Å². The standard InChI is InChI=1S/C18H27N5S/c1-5-19-18(20-10-8-16-7-6-13(2)22-12-16)21-11-9-17-23-14(3)15(4)24-17/h6-7,12H,5,8-11H2,1-4H3,(H2,19,20,21). The maximum atomic E-state index is 4.64. The van der Waals surface area contributed by atoms with Gasteiger partial charge in [-0.3, -0.25) is 9.98 Å². The molecule has 24 heavy (non-hydrogen) atoms. The Morgan fingerprint density at radius 2 is 2.00 bits per heavy atom. The van der Waals surface area contributed by atoms with Crippen LogP contribution >= 0.6 is 11.3 Å². The molecule has 0 aromatic carbocycles. The van der Waals surface area contributed by atoms with Crippen LogP contribution in [0.4, 0.5) is 0 Å². The molecule has 2 rings (SSSR count). The zero-order valence-corrected chi connectivity index (χ0v) is 15.8. The van der Waals surface area contributed by atoms with E-state index >= 15 is 0 Å². The Labute approximate surface area is 148 Å². The molecule has 0 spiro atoms. The molecule has 2 aromatic rings. The SMILES string of the molecule is CCNC(=NCCc1nc(C)c(C)s1)NCCc1ccc(C)nc1. The van der Waals surface area contributed by atoms with Crippen LogP contribution in [0.2, 0.25) is 0 Å². The van der Waals surface area contributed by atoms with Crippen molar-refractivity contribution in [1.82, 2.24) is 20.6 Å². The third-order valence-corrected chi connectivity index (χ3v) is 4.82. The van der Waals surface area contributed by atoms with E-state index in [9.17, 15) is 0 Å². The van der Waals surface area contributed by atoms with E-state index in [1.807, 2.05) is 19.2 Å². The molecule has 0 radical (unpaired) electrons. The van der Waals surface area contributed by atoms with Gasteiger partial charge in [0, 0.05) is 42.8 Å². The van der Waals surface area contributed by atoms with Crippen molar-refractivity contribution in [2.75, 3.05) is 19.6 Å². The average molecular weight is 346 g/mol. The summed E-state index contributed by atoms with van der Waals surface area (Å²) in [5.41, 5.74) is 3.42. The lowest BCUT2D eigenvalue weighted by molar-refractivity contribution is 0.794. The van der Waals surface area contributed by atoms with Crippen molar-refractivity contribution < 1.29 is 0 Å². The number of thiazole rings is 1. The van der Waals surface area contributed by atoms with Crippen LogP contribution in [0, 0.1) is 20.8 Å². The van der Waals surface area contributed by atoms with Gasteiger partial charge in [-0.05, 0) is 45.7 Å². The molecule has 0 unspecified atom stereocenters. The molecule has 0 aliphatic rings. The molecule has 2 N–H and O–H groups in total. The fourth-order valence-corrected chi connectivity index (χ4v) is 3.15. The van der Waals surface area contributed by atoms with Crippen molar-refractivity contribution in [3.05, 3.63) is 45.2 Å². The minimum Gasteiger partial charge on any atom is -0.357 e. The Morgan fingerprint density at radius 3 is 2.62 bits per heavy atom. The fourth-order valence-electron chi connectivity index (χ4n) is 2.22. The van der Waals surface area contributed by atoms with Crippen molar-refractivity contribution in [3.63, 3.8) is 0 Å². The van der Waals surface area contributed by atoms with Gasteiger partial charge in [-0.15, -0.1) is 11.3 Å². The van der Waals surface area contributed by atoms with E-state index in [-0.39, 0.29) is 0 Å². The second-order valence-corrected chi connectivity index (χ2v) is 7.03. The monoisotopic (exact) mass is 345 g/mol. The lowest BCUT2D eigenvalue weighted by Gasteiger charge is -2.11. The highest BCUT2D eigenvalue weighted by atomic mass is 32.1. The average Bonchev–Trinajstić information content (AvgIpc) is 2.87. The molecule has 0 bridgehead atoms. The molecule has 0 saturated carbocycles. The molecule has 130 valence electrons. The zero-order valence-electron chi connectivity index (χ0n) is 15.0. The number of hydrogen-bond donors (Lipinski definition) is 2. The van der Waals surface area contributed by atoms with E-state index in [0.717, 1.165) is 54.8 Å². The second-order valence-electron chi connectivity index (χ2n) is 5.74. The minimum absolute atomic E-state index is 0.744. The van der Waals surface area contributed by atoms with Crippen LogP contribution < -0.4 is 10.6 Å². The van der Waals surface area contributed by atoms with Crippen LogP contribution in [-0.2, 0) is 12.8 Å². The van der Waals surface area contributed by atoms with Crippen molar-refractivity contribution >= 4 is 17.3 Å². The maximum Gasteiger partial charge on any atom is 0.191 e. The van der Waals surface area contributed by atoms with Gasteiger partial charge < -0.3 is 10.6 Å². The van der Waals surface area contributed by atoms with Crippen LogP contribution in [0.3, 0.4) is 0 Å². The first-order valence-electron chi connectivity index (χ1n) is 8.45. The number of nitrogens with zero attached hydrogens (tertiary/aromatic N) is 3. The number of pyridine rings is 1. The largest absolute Gasteiger partial charge is 0.357 e. The normalized spacial score (nSPS) is 11.6. The third-order valence-electron chi connectivity index (χ3n) is 3.69. The van der Waals surface area contributed by atoms with E-state index in [1.165, 1.54) is 10.4 Å². The molecular weight excluding hydrogens is 318 g/mol. The second kappa shape index (κ2) is 9.37. The number of guanidine groups is 1. The summed E-state index contributed by atoms with van der Waals surface area (Å²) in [5, 5.41) is 7.83. The van der Waals surface area contributed by atoms with Crippen LogP contribution in [-0.4, -0.2) is 35.6 Å². The molecule has 6 heteroatoms. The number of aliphatic imine (C=N–C) groups is 1. The van der Waals surface area contributed by atoms with Crippen LogP contribution in [0.1, 0.15) is 33.8 Å². The van der Waals surface area contributed by atoms with Gasteiger partial charge in [-0.25, -0.2) is 4.98 Å². The predicted octanol–water partition coefficient (Wildman–Crippen LogP) is 2.80. The van der Waals surface area contributed by atoms with Gasteiger partial charge in [0.15, 0.2) is 5.96 Å². The number of hydrogen-bond acceptors (Lipinski definition) is 4. The summed E-state index contributed by atoms with van der Waals surface area (Å²) in [6.45, 7) is 10.7. The zero-order chi connectivity index (χ0) is 17.4. The van der Waals surface area contributed by atoms with Gasteiger partial charge in [0.05, 0.1) is 10.7 Å². The summed E-state index contributed by atoms with van der Waals surface area (Å²) in [7, 11) is 0. The molecule has 5 nitrogen and oxygen atoms in total. The lowest BCUT2D eigenvalue weighted by atomic mass is 10.2. The topological polar surface area (TPSA) is 62.2 Å². The van der Waals surface area contributed by atoms with Crippen LogP contribution in [0.15, 0.2) is 23.3 Å². The number of rotatable bonds is 7. The highest BCUT2D eigenvalue weighted by Crippen LogP contribution is 2.16. The Bertz CT molecular complexity index is 641. The molecule has 2 aromatic heterocycles. The molecule has 0 amide bonds. The molecular formula is C18H27N5S. The van der Waals surface area contributed by atoms with Gasteiger partial charge in [-0.1, -0.05) is 6.07 Å². The minimum atomic E-state index is 0.744. The molecule has 0 atom stereocenters. The fraction of sp³-hybridized carbons (Fsp3) is 0.500. The Balaban J connectivity index is 1.80. The van der Waals surface area contributed by atoms with E-state index in [2.05, 4.69) is 52.4 Å². The summed E-state index contributed by atoms with van der Waals surface area (Å²) in [5.74, 6) is 0.863. The highest BCUT2D eigenvalue weighted by Gasteiger charge is 2.03. The third kappa shape index (κ3) is 5.92. The van der Waals surface area contributed by atoms with E-state index in [1.54, 1.807) is 11.3 Å². The van der Waals surface area contributed by atoms with E-state index < -0.39 is 0 Å². The highest BCUT2D eigenvalue weighted by molar-refractivity contribution is 7.11. The first-order chi connectivity index (χ1) is 11.6. The summed E-state index contributed by atoms with van der Waals surface area (Å²) in [6.07, 6.45) is 3.76. The van der Waals surface area contributed by atoms with Crippen molar-refractivity contribution in [3.8, 4) is 0 Å². The Hall–Kier alpha value is -1.95. The number of aromatic nitrogens is 2. The molecule has 0 saturated heterocycles. The molecule has 0 aliphatic heterocycles. The van der Waals surface area contributed by atoms with Gasteiger partial charge in [0.25, 0.3) is 0 Å². The summed E-state index contributed by atoms with van der Waals surface area (Å²) in [4.78, 5) is 14.8. The van der Waals surface area contributed by atoms with Crippen LogP contribution in [0.5, 0.6) is 0 Å². The summed E-state index contributed by atoms with van der Waals surface area (Å²) < 4.78 is 0. The van der Waals surface area contributed by atoms with E-state index in [4.69, 9.17) is 0 Å². The lowest BCUT2D eigenvalue weighted by Crippen LogP contribution is -2.38. The van der Waals surface area contributed by atoms with Gasteiger partial charge in [-0.2, -0.15) is 0 Å². The van der Waals surface area contributed by atoms with Gasteiger partial charge in [0.2, 0.25) is 0 Å². The van der Waals surface area contributed by atoms with Crippen molar-refractivity contribution in [2.45, 2.75) is 40.5 Å². The van der Waals surface area contributed by atoms with Crippen molar-refractivity contribution in [1.29, 1.82) is 0 Å². The summed E-state index contributed by atoms with van der Waals surface area (Å²) >= 11 is 1.77. The number of aryl methyl sites for hydroxylation is 3. The first-order valence-corrected chi connectivity index (χ1v) is 9.26. The van der Waals surface area contributed by atoms with Gasteiger partial charge >= 0.3 is 0 Å². The van der Waals surface area contributed by atoms with E-state index in [0.29, 0.717) is 0 Å².